The summed E-state index contributed by atoms with van der Waals surface area (Å²) < 4.78 is 29.1. The second kappa shape index (κ2) is 8.44. The molecular weight excluding hydrogens is 420 g/mol. The van der Waals surface area contributed by atoms with Gasteiger partial charge in [-0.1, -0.05) is 36.4 Å². The van der Waals surface area contributed by atoms with Crippen molar-refractivity contribution in [3.63, 3.8) is 0 Å². The Morgan fingerprint density at radius 1 is 1.16 bits per heavy atom. The van der Waals surface area contributed by atoms with Crippen LogP contribution in [0.1, 0.15) is 24.3 Å². The number of nitrogens with zero attached hydrogens (tertiary/aromatic N) is 4. The number of carbonyl (C=O) groups excluding carboxylic acids is 1. The maximum Gasteiger partial charge on any atom is 0.409 e. The molecule has 3 aromatic rings. The fraction of sp³-hybridized carbons (Fsp3) is 0.300. The molecule has 1 aliphatic rings. The van der Waals surface area contributed by atoms with E-state index in [2.05, 4.69) is 20.6 Å². The molecule has 162 valence electrons. The lowest BCUT2D eigenvalue weighted by Gasteiger charge is -2.31. The summed E-state index contributed by atoms with van der Waals surface area (Å²) in [5.41, 5.74) is 2.91. The first-order chi connectivity index (χ1) is 14.9. The maximum atomic E-state index is 12.1. The van der Waals surface area contributed by atoms with Gasteiger partial charge in [0, 0.05) is 13.1 Å². The molecule has 4 rings (SSSR count). The molecule has 1 aliphatic heterocycles. The first-order valence-electron chi connectivity index (χ1n) is 9.71. The van der Waals surface area contributed by atoms with Gasteiger partial charge in [0.05, 0.1) is 17.6 Å². The Labute approximate surface area is 179 Å². The van der Waals surface area contributed by atoms with Crippen LogP contribution in [0.5, 0.6) is 0 Å². The molecule has 0 radical (unpaired) electrons. The van der Waals surface area contributed by atoms with Gasteiger partial charge in [0.2, 0.25) is 15.8 Å². The maximum absolute atomic E-state index is 12.1. The van der Waals surface area contributed by atoms with Crippen LogP contribution in [0.3, 0.4) is 0 Å². The summed E-state index contributed by atoms with van der Waals surface area (Å²) in [6.07, 6.45) is 1.41. The molecule has 0 atom stereocenters. The molecular formula is C20H22N6O4S. The highest BCUT2D eigenvalue weighted by atomic mass is 32.2. The highest BCUT2D eigenvalue weighted by molar-refractivity contribution is 7.89. The molecule has 3 N–H and O–H groups in total. The van der Waals surface area contributed by atoms with Crippen LogP contribution in [0.2, 0.25) is 0 Å². The summed E-state index contributed by atoms with van der Waals surface area (Å²) in [5, 5.41) is 19.2. The molecule has 1 aromatic heterocycles. The van der Waals surface area contributed by atoms with Gasteiger partial charge in [-0.3, -0.25) is 0 Å². The Kier molecular flexibility index (Phi) is 5.70. The summed E-state index contributed by atoms with van der Waals surface area (Å²) in [5.74, 6) is 0.487. The minimum Gasteiger partial charge on any atom is -0.453 e. The van der Waals surface area contributed by atoms with Crippen LogP contribution in [0, 0.1) is 0 Å². The predicted octanol–water partition coefficient (Wildman–Crippen LogP) is 2.13. The Balaban J connectivity index is 1.64. The molecule has 1 saturated heterocycles. The topological polar surface area (TPSA) is 144 Å². The third-order valence-corrected chi connectivity index (χ3v) is 6.48. The van der Waals surface area contributed by atoms with Crippen LogP contribution >= 0.6 is 0 Å². The second-order valence-corrected chi connectivity index (χ2v) is 8.84. The van der Waals surface area contributed by atoms with E-state index >= 15 is 0 Å². The molecule has 1 amide bonds. The Bertz CT molecular complexity index is 1170. The summed E-state index contributed by atoms with van der Waals surface area (Å²) in [7, 11) is -2.60. The smallest absolute Gasteiger partial charge is 0.409 e. The zero-order valence-corrected chi connectivity index (χ0v) is 17.7. The number of carbonyl (C=O) groups is 1. The number of nitrogens with two attached hydrogens (primary N) is 1. The summed E-state index contributed by atoms with van der Waals surface area (Å²) in [4.78, 5) is 13.3. The van der Waals surface area contributed by atoms with Crippen molar-refractivity contribution in [2.75, 3.05) is 20.2 Å². The minimum atomic E-state index is -3.99. The van der Waals surface area contributed by atoms with Crippen LogP contribution < -0.4 is 5.14 Å². The number of benzene rings is 2. The van der Waals surface area contributed by atoms with E-state index in [1.54, 1.807) is 17.0 Å². The van der Waals surface area contributed by atoms with E-state index in [-0.39, 0.29) is 16.8 Å². The molecule has 0 unspecified atom stereocenters. The first kappa shape index (κ1) is 20.9. The van der Waals surface area contributed by atoms with E-state index in [9.17, 15) is 13.2 Å². The Morgan fingerprint density at radius 3 is 2.45 bits per heavy atom. The Hall–Kier alpha value is -3.31. The number of tetrazole rings is 1. The van der Waals surface area contributed by atoms with Crippen molar-refractivity contribution in [2.24, 2.45) is 5.14 Å². The predicted molar refractivity (Wildman–Crippen MR) is 112 cm³/mol. The molecule has 1 fully saturated rings. The lowest BCUT2D eigenvalue weighted by atomic mass is 9.88. The van der Waals surface area contributed by atoms with Crippen LogP contribution in [-0.2, 0) is 14.8 Å². The average Bonchev–Trinajstić information content (AvgIpc) is 3.32. The Morgan fingerprint density at radius 2 is 1.87 bits per heavy atom. The molecule has 0 bridgehead atoms. The first-order valence-corrected chi connectivity index (χ1v) is 11.3. The van der Waals surface area contributed by atoms with Crippen molar-refractivity contribution in [1.82, 2.24) is 25.5 Å². The molecule has 10 nitrogen and oxygen atoms in total. The van der Waals surface area contributed by atoms with Gasteiger partial charge in [-0.15, -0.1) is 10.2 Å². The number of hydrogen-bond acceptors (Lipinski definition) is 7. The number of rotatable bonds is 4. The largest absolute Gasteiger partial charge is 0.453 e. The van der Waals surface area contributed by atoms with Crippen molar-refractivity contribution in [3.05, 3.63) is 48.0 Å². The number of H-pyrrole nitrogens is 1. The minimum absolute atomic E-state index is 0.0642. The third-order valence-electron chi connectivity index (χ3n) is 5.52. The van der Waals surface area contributed by atoms with Gasteiger partial charge in [-0.25, -0.2) is 18.4 Å². The summed E-state index contributed by atoms with van der Waals surface area (Å²) in [6.45, 7) is 1.30. The molecule has 0 spiro atoms. The standard InChI is InChI=1S/C20H22N6O4S/c1-30-20(27)26-11-9-14(10-12-26)13-5-7-15(8-6-13)16-3-2-4-17(31(21,28)29)18(16)19-22-24-25-23-19/h2-8,14H,9-12H2,1H3,(H2,21,28,29)(H,22,23,24,25). The number of aromatic nitrogens is 4. The van der Waals surface area contributed by atoms with Crippen molar-refractivity contribution >= 4 is 16.1 Å². The van der Waals surface area contributed by atoms with Crippen LogP contribution in [0.4, 0.5) is 4.79 Å². The number of ether oxygens (including phenoxy) is 1. The van der Waals surface area contributed by atoms with Crippen LogP contribution in [0.15, 0.2) is 47.4 Å². The fourth-order valence-corrected chi connectivity index (χ4v) is 4.72. The zero-order chi connectivity index (χ0) is 22.0. The molecule has 0 saturated carbocycles. The lowest BCUT2D eigenvalue weighted by Crippen LogP contribution is -2.37. The van der Waals surface area contributed by atoms with E-state index in [1.165, 1.54) is 13.2 Å². The molecule has 2 heterocycles. The fourth-order valence-electron chi connectivity index (χ4n) is 3.97. The normalized spacial score (nSPS) is 15.1. The quantitative estimate of drug-likeness (QED) is 0.630. The van der Waals surface area contributed by atoms with Gasteiger partial charge in [0.25, 0.3) is 0 Å². The number of methoxy groups -OCH3 is 1. The van der Waals surface area contributed by atoms with Gasteiger partial charge < -0.3 is 9.64 Å². The van der Waals surface area contributed by atoms with E-state index in [0.29, 0.717) is 30.1 Å². The zero-order valence-electron chi connectivity index (χ0n) is 16.9. The van der Waals surface area contributed by atoms with Crippen LogP contribution in [0.25, 0.3) is 22.5 Å². The van der Waals surface area contributed by atoms with Gasteiger partial charge in [0.15, 0.2) is 0 Å². The second-order valence-electron chi connectivity index (χ2n) is 7.31. The number of likely N-dealkylation sites (tertiary alicyclic amines) is 1. The molecule has 2 aromatic carbocycles. The van der Waals surface area contributed by atoms with Crippen molar-refractivity contribution < 1.29 is 17.9 Å². The number of nitrogens with one attached hydrogen (secondary N) is 1. The van der Waals surface area contributed by atoms with Crippen molar-refractivity contribution in [1.29, 1.82) is 0 Å². The highest BCUT2D eigenvalue weighted by Crippen LogP contribution is 2.36. The number of aromatic amines is 1. The highest BCUT2D eigenvalue weighted by Gasteiger charge is 2.25. The number of primary sulfonamides is 1. The number of sulfonamides is 1. The summed E-state index contributed by atoms with van der Waals surface area (Å²) in [6, 6.07) is 12.8. The molecule has 31 heavy (non-hydrogen) atoms. The molecule has 11 heteroatoms. The summed E-state index contributed by atoms with van der Waals surface area (Å²) >= 11 is 0. The van der Waals surface area contributed by atoms with E-state index in [1.807, 2.05) is 24.3 Å². The van der Waals surface area contributed by atoms with Crippen molar-refractivity contribution in [3.8, 4) is 22.5 Å². The van der Waals surface area contributed by atoms with Crippen LogP contribution in [-0.4, -0.2) is 60.2 Å². The van der Waals surface area contributed by atoms with Gasteiger partial charge in [-0.2, -0.15) is 5.21 Å². The lowest BCUT2D eigenvalue weighted by molar-refractivity contribution is 0.112. The monoisotopic (exact) mass is 442 g/mol. The van der Waals surface area contributed by atoms with E-state index in [0.717, 1.165) is 24.0 Å². The number of amides is 1. The third kappa shape index (κ3) is 4.28. The van der Waals surface area contributed by atoms with Crippen molar-refractivity contribution in [2.45, 2.75) is 23.7 Å². The average molecular weight is 443 g/mol. The van der Waals surface area contributed by atoms with Gasteiger partial charge in [0.1, 0.15) is 0 Å². The molecule has 0 aliphatic carbocycles. The number of hydrogen-bond donors (Lipinski definition) is 2. The van der Waals surface area contributed by atoms with E-state index in [4.69, 9.17) is 9.88 Å². The van der Waals surface area contributed by atoms with E-state index < -0.39 is 10.0 Å². The van der Waals surface area contributed by atoms with Gasteiger partial charge in [-0.05, 0) is 46.7 Å². The SMILES string of the molecule is COC(=O)N1CCC(c2ccc(-c3cccc(S(N)(=O)=O)c3-c3nn[nH]n3)cc2)CC1. The number of piperidine rings is 1. The van der Waals surface area contributed by atoms with Gasteiger partial charge >= 0.3 is 6.09 Å².